The van der Waals surface area contributed by atoms with Crippen LogP contribution in [0.15, 0.2) is 11.6 Å². The summed E-state index contributed by atoms with van der Waals surface area (Å²) in [6.07, 6.45) is 5.65. The summed E-state index contributed by atoms with van der Waals surface area (Å²) >= 11 is 0. The lowest BCUT2D eigenvalue weighted by Crippen LogP contribution is -2.34. The van der Waals surface area contributed by atoms with E-state index in [2.05, 4.69) is 5.92 Å². The molecule has 0 aliphatic carbocycles. The molecule has 0 saturated carbocycles. The predicted octanol–water partition coefficient (Wildman–Crippen LogP) is -0.273. The number of hydrogen-bond acceptors (Lipinski definition) is 2. The van der Waals surface area contributed by atoms with E-state index in [1.807, 2.05) is 0 Å². The van der Waals surface area contributed by atoms with Gasteiger partial charge in [0.15, 0.2) is 0 Å². The summed E-state index contributed by atoms with van der Waals surface area (Å²) in [5.74, 6) is 2.12. The Labute approximate surface area is 65.3 Å². The van der Waals surface area contributed by atoms with Gasteiger partial charge in [0.05, 0.1) is 6.54 Å². The molecule has 1 aliphatic heterocycles. The van der Waals surface area contributed by atoms with Gasteiger partial charge in [-0.25, -0.2) is 0 Å². The first-order chi connectivity index (χ1) is 5.16. The molecule has 0 fully saturated rings. The highest BCUT2D eigenvalue weighted by atomic mass is 16.3. The fourth-order valence-electron chi connectivity index (χ4n) is 0.995. The van der Waals surface area contributed by atoms with Crippen LogP contribution in [0.4, 0.5) is 0 Å². The van der Waals surface area contributed by atoms with Crippen molar-refractivity contribution >= 4 is 5.91 Å². The lowest BCUT2D eigenvalue weighted by atomic mass is 10.3. The normalized spacial score (nSPS) is 23.4. The lowest BCUT2D eigenvalue weighted by Gasteiger charge is -2.16. The zero-order valence-electron chi connectivity index (χ0n) is 6.24. The predicted molar refractivity (Wildman–Crippen MR) is 40.3 cm³/mol. The van der Waals surface area contributed by atoms with Crippen molar-refractivity contribution in [2.75, 3.05) is 6.54 Å². The maximum atomic E-state index is 11.1. The molecule has 1 heterocycles. The molecular formula is C8H9NO2. The van der Waals surface area contributed by atoms with Gasteiger partial charge >= 0.3 is 0 Å². The van der Waals surface area contributed by atoms with E-state index < -0.39 is 6.23 Å². The first kappa shape index (κ1) is 7.83. The zero-order chi connectivity index (χ0) is 8.43. The topological polar surface area (TPSA) is 40.5 Å². The van der Waals surface area contributed by atoms with E-state index in [4.69, 9.17) is 6.42 Å². The Morgan fingerprint density at radius 1 is 1.91 bits per heavy atom. The van der Waals surface area contributed by atoms with Gasteiger partial charge in [-0.05, 0) is 13.0 Å². The molecule has 0 aromatic heterocycles. The molecule has 3 nitrogen and oxygen atoms in total. The smallest absolute Gasteiger partial charge is 0.252 e. The number of carbonyl (C=O) groups excluding carboxylic acids is 1. The van der Waals surface area contributed by atoms with Crippen LogP contribution in [0.5, 0.6) is 0 Å². The van der Waals surface area contributed by atoms with Crippen molar-refractivity contribution in [2.24, 2.45) is 0 Å². The van der Waals surface area contributed by atoms with Gasteiger partial charge in [0, 0.05) is 5.57 Å². The number of nitrogens with zero attached hydrogens (tertiary/aromatic N) is 1. The SMILES string of the molecule is C#CCN1C(=O)C(C)=CC1O. The molecule has 1 rings (SSSR count). The summed E-state index contributed by atoms with van der Waals surface area (Å²) in [7, 11) is 0. The minimum absolute atomic E-state index is 0.161. The second-order valence-electron chi connectivity index (χ2n) is 2.40. The minimum Gasteiger partial charge on any atom is -0.370 e. The van der Waals surface area contributed by atoms with Gasteiger partial charge in [0.25, 0.3) is 5.91 Å². The van der Waals surface area contributed by atoms with Crippen LogP contribution in [0.3, 0.4) is 0 Å². The van der Waals surface area contributed by atoms with E-state index in [1.165, 1.54) is 11.0 Å². The third-order valence-electron chi connectivity index (χ3n) is 1.58. The Morgan fingerprint density at radius 3 is 2.91 bits per heavy atom. The third kappa shape index (κ3) is 1.26. The highest BCUT2D eigenvalue weighted by Crippen LogP contribution is 2.14. The van der Waals surface area contributed by atoms with E-state index in [-0.39, 0.29) is 12.5 Å². The molecule has 11 heavy (non-hydrogen) atoms. The molecule has 1 N–H and O–H groups in total. The van der Waals surface area contributed by atoms with Crippen molar-refractivity contribution in [3.05, 3.63) is 11.6 Å². The Bertz CT molecular complexity index is 249. The van der Waals surface area contributed by atoms with Gasteiger partial charge in [0.2, 0.25) is 0 Å². The van der Waals surface area contributed by atoms with Gasteiger partial charge in [-0.1, -0.05) is 5.92 Å². The van der Waals surface area contributed by atoms with Crippen molar-refractivity contribution < 1.29 is 9.90 Å². The number of aliphatic hydroxyl groups excluding tert-OH is 1. The van der Waals surface area contributed by atoms with E-state index >= 15 is 0 Å². The van der Waals surface area contributed by atoms with Crippen LogP contribution in [-0.4, -0.2) is 28.7 Å². The molecule has 58 valence electrons. The van der Waals surface area contributed by atoms with Crippen molar-refractivity contribution in [1.29, 1.82) is 0 Å². The van der Waals surface area contributed by atoms with Crippen molar-refractivity contribution in [3.8, 4) is 12.3 Å². The number of rotatable bonds is 1. The summed E-state index contributed by atoms with van der Waals surface area (Å²) in [5, 5.41) is 9.19. The largest absolute Gasteiger partial charge is 0.370 e. The number of aliphatic hydroxyl groups is 1. The van der Waals surface area contributed by atoms with Gasteiger partial charge in [0.1, 0.15) is 6.23 Å². The van der Waals surface area contributed by atoms with E-state index in [0.717, 1.165) is 0 Å². The standard InChI is InChI=1S/C8H9NO2/c1-3-4-9-7(10)5-6(2)8(9)11/h1,5,7,10H,4H2,2H3. The highest BCUT2D eigenvalue weighted by Gasteiger charge is 2.26. The molecule has 1 atom stereocenters. The fraction of sp³-hybridized carbons (Fsp3) is 0.375. The summed E-state index contributed by atoms with van der Waals surface area (Å²) in [5.41, 5.74) is 0.549. The summed E-state index contributed by atoms with van der Waals surface area (Å²) in [6.45, 7) is 1.82. The maximum Gasteiger partial charge on any atom is 0.252 e. The molecule has 0 aromatic carbocycles. The molecular weight excluding hydrogens is 142 g/mol. The first-order valence-corrected chi connectivity index (χ1v) is 3.27. The molecule has 1 aliphatic rings. The van der Waals surface area contributed by atoms with Crippen LogP contribution in [0.1, 0.15) is 6.92 Å². The number of carbonyl (C=O) groups is 1. The van der Waals surface area contributed by atoms with Gasteiger partial charge in [-0.2, -0.15) is 0 Å². The van der Waals surface area contributed by atoms with Crippen LogP contribution in [0, 0.1) is 12.3 Å². The number of terminal acetylenes is 1. The fourth-order valence-corrected chi connectivity index (χ4v) is 0.995. The van der Waals surface area contributed by atoms with E-state index in [9.17, 15) is 9.90 Å². The molecule has 1 unspecified atom stereocenters. The second kappa shape index (κ2) is 2.77. The van der Waals surface area contributed by atoms with E-state index in [1.54, 1.807) is 6.92 Å². The van der Waals surface area contributed by atoms with Crippen molar-refractivity contribution in [1.82, 2.24) is 4.90 Å². The third-order valence-corrected chi connectivity index (χ3v) is 1.58. The Hall–Kier alpha value is -1.27. The van der Waals surface area contributed by atoms with Crippen molar-refractivity contribution in [2.45, 2.75) is 13.2 Å². The summed E-state index contributed by atoms with van der Waals surface area (Å²) in [6, 6.07) is 0. The lowest BCUT2D eigenvalue weighted by molar-refractivity contribution is -0.130. The molecule has 0 saturated heterocycles. The quantitative estimate of drug-likeness (QED) is 0.524. The average molecular weight is 151 g/mol. The van der Waals surface area contributed by atoms with Gasteiger partial charge in [-0.15, -0.1) is 6.42 Å². The van der Waals surface area contributed by atoms with E-state index in [0.29, 0.717) is 5.57 Å². The van der Waals surface area contributed by atoms with Crippen LogP contribution in [-0.2, 0) is 4.79 Å². The second-order valence-corrected chi connectivity index (χ2v) is 2.40. The Morgan fingerprint density at radius 2 is 2.55 bits per heavy atom. The highest BCUT2D eigenvalue weighted by molar-refractivity contribution is 5.95. The molecule has 0 spiro atoms. The molecule has 1 amide bonds. The van der Waals surface area contributed by atoms with Crippen LogP contribution >= 0.6 is 0 Å². The van der Waals surface area contributed by atoms with Crippen LogP contribution < -0.4 is 0 Å². The Balaban J connectivity index is 2.74. The monoisotopic (exact) mass is 151 g/mol. The van der Waals surface area contributed by atoms with Crippen molar-refractivity contribution in [3.63, 3.8) is 0 Å². The minimum atomic E-state index is -0.835. The number of hydrogen-bond donors (Lipinski definition) is 1. The van der Waals surface area contributed by atoms with Crippen LogP contribution in [0.25, 0.3) is 0 Å². The number of amides is 1. The first-order valence-electron chi connectivity index (χ1n) is 3.27. The molecule has 3 heteroatoms. The summed E-state index contributed by atoms with van der Waals surface area (Å²) in [4.78, 5) is 12.3. The molecule has 0 aromatic rings. The summed E-state index contributed by atoms with van der Waals surface area (Å²) < 4.78 is 0. The maximum absolute atomic E-state index is 11.1. The zero-order valence-corrected chi connectivity index (χ0v) is 6.24. The van der Waals surface area contributed by atoms with Crippen LogP contribution in [0.2, 0.25) is 0 Å². The molecule has 0 bridgehead atoms. The molecule has 0 radical (unpaired) electrons. The van der Waals surface area contributed by atoms with Gasteiger partial charge in [-0.3, -0.25) is 9.69 Å². The average Bonchev–Trinajstić information content (AvgIpc) is 2.17. The Kier molecular flexibility index (Phi) is 1.97. The van der Waals surface area contributed by atoms with Gasteiger partial charge < -0.3 is 5.11 Å².